The first kappa shape index (κ1) is 15.9. The van der Waals surface area contributed by atoms with E-state index in [9.17, 15) is 19.4 Å². The van der Waals surface area contributed by atoms with Crippen LogP contribution in [-0.4, -0.2) is 52.6 Å². The van der Waals surface area contributed by atoms with Gasteiger partial charge in [-0.3, -0.25) is 0 Å². The molecule has 0 bridgehead atoms. The lowest BCUT2D eigenvalue weighted by atomic mass is 9.98. The molecule has 8 heteroatoms. The maximum atomic E-state index is 13.9. The molecule has 1 aliphatic rings. The van der Waals surface area contributed by atoms with Crippen LogP contribution in [0.3, 0.4) is 0 Å². The fourth-order valence-corrected chi connectivity index (χ4v) is 2.57. The van der Waals surface area contributed by atoms with E-state index >= 15 is 0 Å². The summed E-state index contributed by atoms with van der Waals surface area (Å²) in [5.74, 6) is 0. The third kappa shape index (κ3) is 3.06. The first-order valence-electron chi connectivity index (χ1n) is 7.06. The molecule has 0 spiro atoms. The van der Waals surface area contributed by atoms with Crippen LogP contribution in [0.4, 0.5) is 10.1 Å². The number of nitrogens with one attached hydrogen (secondary N) is 1. The standard InChI is InChI=1S/C15H16FNO6/c16-12-10(6-18)23-15(21)13(14(12)20)17-8-3-1-7-2-4-11(19)22-9(7)5-8/h1-5,10,12-15,17-18,20-21H,6H2/t10?,12-,13?,14+,15-/m1/s1. The molecule has 1 aliphatic heterocycles. The van der Waals surface area contributed by atoms with Crippen molar-refractivity contribution < 1.29 is 28.9 Å². The van der Waals surface area contributed by atoms with Crippen molar-refractivity contribution >= 4 is 16.7 Å². The second kappa shape index (κ2) is 6.25. The van der Waals surface area contributed by atoms with Crippen molar-refractivity contribution in [3.63, 3.8) is 0 Å². The number of aliphatic hydroxyl groups is 3. The van der Waals surface area contributed by atoms with Gasteiger partial charge in [-0.15, -0.1) is 0 Å². The number of alkyl halides is 1. The van der Waals surface area contributed by atoms with Gasteiger partial charge < -0.3 is 29.8 Å². The summed E-state index contributed by atoms with van der Waals surface area (Å²) in [5.41, 5.74) is 0.215. The lowest BCUT2D eigenvalue weighted by Gasteiger charge is -2.39. The summed E-state index contributed by atoms with van der Waals surface area (Å²) in [5, 5.41) is 32.3. The van der Waals surface area contributed by atoms with Crippen molar-refractivity contribution in [2.24, 2.45) is 0 Å². The topological polar surface area (TPSA) is 112 Å². The molecule has 0 aliphatic carbocycles. The normalized spacial score (nSPS) is 31.2. The highest BCUT2D eigenvalue weighted by molar-refractivity contribution is 5.80. The zero-order chi connectivity index (χ0) is 16.6. The van der Waals surface area contributed by atoms with Gasteiger partial charge in [0, 0.05) is 23.2 Å². The molecule has 1 saturated heterocycles. The van der Waals surface area contributed by atoms with Crippen LogP contribution < -0.4 is 10.9 Å². The van der Waals surface area contributed by atoms with Gasteiger partial charge in [0.05, 0.1) is 6.61 Å². The van der Waals surface area contributed by atoms with E-state index in [0.717, 1.165) is 0 Å². The number of anilines is 1. The maximum Gasteiger partial charge on any atom is 0.336 e. The largest absolute Gasteiger partial charge is 0.423 e. The second-order valence-electron chi connectivity index (χ2n) is 5.36. The van der Waals surface area contributed by atoms with Gasteiger partial charge in [-0.25, -0.2) is 9.18 Å². The maximum absolute atomic E-state index is 13.9. The quantitative estimate of drug-likeness (QED) is 0.587. The predicted molar refractivity (Wildman–Crippen MR) is 78.8 cm³/mol. The summed E-state index contributed by atoms with van der Waals surface area (Å²) in [6.45, 7) is -0.650. The Labute approximate surface area is 129 Å². The van der Waals surface area contributed by atoms with Gasteiger partial charge in [-0.2, -0.15) is 0 Å². The minimum atomic E-state index is -1.85. The lowest BCUT2D eigenvalue weighted by Crippen LogP contribution is -2.59. The number of rotatable bonds is 3. The number of hydrogen-bond donors (Lipinski definition) is 4. The number of ether oxygens (including phenoxy) is 1. The van der Waals surface area contributed by atoms with E-state index in [-0.39, 0.29) is 0 Å². The molecule has 2 unspecified atom stereocenters. The highest BCUT2D eigenvalue weighted by Crippen LogP contribution is 2.26. The number of fused-ring (bicyclic) bond motifs is 1. The average molecular weight is 325 g/mol. The van der Waals surface area contributed by atoms with Gasteiger partial charge in [0.1, 0.15) is 23.8 Å². The highest BCUT2D eigenvalue weighted by atomic mass is 19.1. The summed E-state index contributed by atoms with van der Waals surface area (Å²) >= 11 is 0. The van der Waals surface area contributed by atoms with Crippen LogP contribution in [0.1, 0.15) is 0 Å². The van der Waals surface area contributed by atoms with E-state index in [1.807, 2.05) is 0 Å². The molecular weight excluding hydrogens is 309 g/mol. The fraction of sp³-hybridized carbons (Fsp3) is 0.400. The molecule has 7 nitrogen and oxygen atoms in total. The predicted octanol–water partition coefficient (Wildman–Crippen LogP) is -0.0180. The monoisotopic (exact) mass is 325 g/mol. The Balaban J connectivity index is 1.84. The smallest absolute Gasteiger partial charge is 0.336 e. The highest BCUT2D eigenvalue weighted by Gasteiger charge is 2.44. The zero-order valence-corrected chi connectivity index (χ0v) is 11.9. The average Bonchev–Trinajstić information content (AvgIpc) is 2.54. The van der Waals surface area contributed by atoms with E-state index in [4.69, 9.17) is 14.3 Å². The first-order valence-corrected chi connectivity index (χ1v) is 7.06. The van der Waals surface area contributed by atoms with Crippen molar-refractivity contribution in [3.05, 3.63) is 40.8 Å². The Morgan fingerprint density at radius 3 is 2.70 bits per heavy atom. The SMILES string of the molecule is O=c1ccc2ccc(NC3[C@H](O)OC(CO)[C@@H](F)[C@@H]3O)cc2o1. The zero-order valence-electron chi connectivity index (χ0n) is 11.9. The lowest BCUT2D eigenvalue weighted by molar-refractivity contribution is -0.230. The van der Waals surface area contributed by atoms with Crippen LogP contribution in [0.25, 0.3) is 11.0 Å². The minimum Gasteiger partial charge on any atom is -0.423 e. The van der Waals surface area contributed by atoms with Crippen LogP contribution in [-0.2, 0) is 4.74 Å². The number of benzene rings is 1. The van der Waals surface area contributed by atoms with Gasteiger partial charge in [0.2, 0.25) is 0 Å². The first-order chi connectivity index (χ1) is 11.0. The van der Waals surface area contributed by atoms with Gasteiger partial charge >= 0.3 is 5.63 Å². The van der Waals surface area contributed by atoms with E-state index < -0.39 is 42.9 Å². The summed E-state index contributed by atoms with van der Waals surface area (Å²) in [7, 11) is 0. The molecule has 1 aromatic carbocycles. The number of hydrogen-bond acceptors (Lipinski definition) is 7. The van der Waals surface area contributed by atoms with Crippen LogP contribution >= 0.6 is 0 Å². The molecule has 1 fully saturated rings. The van der Waals surface area contributed by atoms with E-state index in [2.05, 4.69) is 5.32 Å². The molecule has 0 radical (unpaired) electrons. The van der Waals surface area contributed by atoms with E-state index in [1.54, 1.807) is 18.2 Å². The van der Waals surface area contributed by atoms with Gasteiger partial charge in [-0.05, 0) is 18.2 Å². The molecule has 3 rings (SSSR count). The molecule has 1 aromatic heterocycles. The molecule has 0 saturated carbocycles. The van der Waals surface area contributed by atoms with E-state index in [1.165, 1.54) is 12.1 Å². The molecule has 4 N–H and O–H groups in total. The third-order valence-electron chi connectivity index (χ3n) is 3.81. The van der Waals surface area contributed by atoms with Gasteiger partial charge in [-0.1, -0.05) is 0 Å². The number of halogens is 1. The van der Waals surface area contributed by atoms with Crippen LogP contribution in [0.2, 0.25) is 0 Å². The van der Waals surface area contributed by atoms with Gasteiger partial charge in [0.25, 0.3) is 0 Å². The molecule has 2 heterocycles. The van der Waals surface area contributed by atoms with Crippen molar-refractivity contribution in [1.82, 2.24) is 0 Å². The van der Waals surface area contributed by atoms with E-state index in [0.29, 0.717) is 16.7 Å². The van der Waals surface area contributed by atoms with Crippen molar-refractivity contribution in [2.45, 2.75) is 30.7 Å². The molecular formula is C15H16FNO6. The molecule has 2 aromatic rings. The number of aliphatic hydroxyl groups excluding tert-OH is 3. The van der Waals surface area contributed by atoms with Crippen LogP contribution in [0.15, 0.2) is 39.5 Å². The molecule has 5 atom stereocenters. The Hall–Kier alpha value is -2.00. The molecule has 124 valence electrons. The summed E-state index contributed by atoms with van der Waals surface area (Å²) in [6.07, 6.45) is -6.21. The summed E-state index contributed by atoms with van der Waals surface area (Å²) < 4.78 is 23.9. The van der Waals surface area contributed by atoms with Crippen molar-refractivity contribution in [3.8, 4) is 0 Å². The Kier molecular flexibility index (Phi) is 4.31. The molecule has 23 heavy (non-hydrogen) atoms. The summed E-state index contributed by atoms with van der Waals surface area (Å²) in [6, 6.07) is 6.56. The van der Waals surface area contributed by atoms with Crippen molar-refractivity contribution in [1.29, 1.82) is 0 Å². The van der Waals surface area contributed by atoms with Crippen LogP contribution in [0.5, 0.6) is 0 Å². The fourth-order valence-electron chi connectivity index (χ4n) is 2.57. The van der Waals surface area contributed by atoms with Gasteiger partial charge in [0.15, 0.2) is 12.5 Å². The Morgan fingerprint density at radius 2 is 1.96 bits per heavy atom. The van der Waals surface area contributed by atoms with Crippen molar-refractivity contribution in [2.75, 3.05) is 11.9 Å². The molecule has 0 amide bonds. The Bertz CT molecular complexity index is 750. The second-order valence-corrected chi connectivity index (χ2v) is 5.36. The third-order valence-corrected chi connectivity index (χ3v) is 3.81. The summed E-state index contributed by atoms with van der Waals surface area (Å²) in [4.78, 5) is 11.2. The minimum absolute atomic E-state index is 0.313. The van der Waals surface area contributed by atoms with Crippen LogP contribution in [0, 0.1) is 0 Å². The Morgan fingerprint density at radius 1 is 1.22 bits per heavy atom.